The van der Waals surface area contributed by atoms with Gasteiger partial charge in [-0.3, -0.25) is 9.80 Å². The van der Waals surface area contributed by atoms with E-state index in [1.807, 2.05) is 0 Å². The predicted octanol–water partition coefficient (Wildman–Crippen LogP) is 2.90. The van der Waals surface area contributed by atoms with E-state index in [0.717, 1.165) is 32.6 Å². The Morgan fingerprint density at radius 2 is 1.54 bits per heavy atom. The van der Waals surface area contributed by atoms with Crippen molar-refractivity contribution >= 4 is 0 Å². The Kier molecular flexibility index (Phi) is 4.40. The van der Waals surface area contributed by atoms with Crippen molar-refractivity contribution in [3.63, 3.8) is 0 Å². The highest BCUT2D eigenvalue weighted by Crippen LogP contribution is 2.40. The van der Waals surface area contributed by atoms with Crippen molar-refractivity contribution in [3.8, 4) is 0 Å². The molecule has 2 bridgehead atoms. The van der Waals surface area contributed by atoms with Crippen molar-refractivity contribution < 1.29 is 5.11 Å². The SMILES string of the molecule is OCC12CCC(CN(Cc3ccccc3)C1)N2Cc1ccccc1. The molecule has 0 spiro atoms. The second kappa shape index (κ2) is 6.67. The molecule has 0 aliphatic carbocycles. The van der Waals surface area contributed by atoms with Gasteiger partial charge < -0.3 is 5.11 Å². The molecule has 1 N–H and O–H groups in total. The zero-order chi connectivity index (χ0) is 16.4. The van der Waals surface area contributed by atoms with E-state index in [1.54, 1.807) is 0 Å². The maximum absolute atomic E-state index is 10.2. The van der Waals surface area contributed by atoms with Gasteiger partial charge in [0.1, 0.15) is 0 Å². The molecule has 2 aliphatic heterocycles. The van der Waals surface area contributed by atoms with Crippen LogP contribution in [0.1, 0.15) is 24.0 Å². The minimum atomic E-state index is -0.0759. The topological polar surface area (TPSA) is 26.7 Å². The summed E-state index contributed by atoms with van der Waals surface area (Å²) in [5.74, 6) is 0. The Hall–Kier alpha value is -1.68. The summed E-state index contributed by atoms with van der Waals surface area (Å²) in [6.45, 7) is 4.25. The van der Waals surface area contributed by atoms with E-state index in [-0.39, 0.29) is 12.1 Å². The van der Waals surface area contributed by atoms with Crippen molar-refractivity contribution in [1.82, 2.24) is 9.80 Å². The molecule has 2 aromatic carbocycles. The molecule has 0 saturated carbocycles. The van der Waals surface area contributed by atoms with Gasteiger partial charge in [0.25, 0.3) is 0 Å². The Bertz CT molecular complexity index is 660. The molecule has 0 amide bonds. The van der Waals surface area contributed by atoms with Gasteiger partial charge in [0.2, 0.25) is 0 Å². The Balaban J connectivity index is 1.51. The highest BCUT2D eigenvalue weighted by Gasteiger charge is 2.50. The number of likely N-dealkylation sites (tertiary alicyclic amines) is 1. The second-order valence-corrected chi connectivity index (χ2v) is 7.34. The molecule has 3 nitrogen and oxygen atoms in total. The summed E-state index contributed by atoms with van der Waals surface area (Å²) < 4.78 is 0. The van der Waals surface area contributed by atoms with Gasteiger partial charge in [-0.2, -0.15) is 0 Å². The fourth-order valence-electron chi connectivity index (χ4n) is 4.52. The minimum Gasteiger partial charge on any atom is -0.394 e. The minimum absolute atomic E-state index is 0.0759. The standard InChI is InChI=1S/C21H26N2O/c24-17-21-12-11-20(23(21)14-19-9-5-2-6-10-19)15-22(16-21)13-18-7-3-1-4-8-18/h1-10,20,24H,11-17H2. The first kappa shape index (κ1) is 15.8. The summed E-state index contributed by atoms with van der Waals surface area (Å²) in [6, 6.07) is 21.9. The molecule has 2 atom stereocenters. The van der Waals surface area contributed by atoms with Gasteiger partial charge in [-0.25, -0.2) is 0 Å². The van der Waals surface area contributed by atoms with Crippen molar-refractivity contribution in [1.29, 1.82) is 0 Å². The van der Waals surface area contributed by atoms with E-state index in [9.17, 15) is 5.11 Å². The normalized spacial score (nSPS) is 27.5. The first-order valence-corrected chi connectivity index (χ1v) is 8.97. The Labute approximate surface area is 144 Å². The lowest BCUT2D eigenvalue weighted by Crippen LogP contribution is -2.62. The van der Waals surface area contributed by atoms with E-state index >= 15 is 0 Å². The van der Waals surface area contributed by atoms with E-state index < -0.39 is 0 Å². The smallest absolute Gasteiger partial charge is 0.0628 e. The number of hydrogen-bond acceptors (Lipinski definition) is 3. The Morgan fingerprint density at radius 1 is 0.917 bits per heavy atom. The van der Waals surface area contributed by atoms with Gasteiger partial charge in [-0.15, -0.1) is 0 Å². The molecule has 2 saturated heterocycles. The third kappa shape index (κ3) is 3.00. The van der Waals surface area contributed by atoms with Gasteiger partial charge in [-0.05, 0) is 24.0 Å². The highest BCUT2D eigenvalue weighted by atomic mass is 16.3. The lowest BCUT2D eigenvalue weighted by atomic mass is 9.94. The van der Waals surface area contributed by atoms with E-state index in [0.29, 0.717) is 6.04 Å². The van der Waals surface area contributed by atoms with Gasteiger partial charge in [0.15, 0.2) is 0 Å². The van der Waals surface area contributed by atoms with Crippen molar-refractivity contribution in [2.75, 3.05) is 19.7 Å². The maximum Gasteiger partial charge on any atom is 0.0628 e. The summed E-state index contributed by atoms with van der Waals surface area (Å²) in [5.41, 5.74) is 2.63. The average Bonchev–Trinajstić information content (AvgIpc) is 2.84. The van der Waals surface area contributed by atoms with Crippen LogP contribution in [0.25, 0.3) is 0 Å². The highest BCUT2D eigenvalue weighted by molar-refractivity contribution is 5.19. The number of piperazine rings is 1. The molecule has 2 unspecified atom stereocenters. The number of aliphatic hydroxyl groups excluding tert-OH is 1. The predicted molar refractivity (Wildman–Crippen MR) is 96.5 cm³/mol. The number of rotatable bonds is 5. The number of hydrogen-bond donors (Lipinski definition) is 1. The van der Waals surface area contributed by atoms with Crippen LogP contribution >= 0.6 is 0 Å². The quantitative estimate of drug-likeness (QED) is 0.917. The van der Waals surface area contributed by atoms with Crippen LogP contribution in [0.2, 0.25) is 0 Å². The second-order valence-electron chi connectivity index (χ2n) is 7.34. The van der Waals surface area contributed by atoms with Crippen LogP contribution in [0.3, 0.4) is 0 Å². The third-order valence-corrected chi connectivity index (χ3v) is 5.72. The molecule has 2 aromatic rings. The molecule has 24 heavy (non-hydrogen) atoms. The summed E-state index contributed by atoms with van der Waals surface area (Å²) in [7, 11) is 0. The lowest BCUT2D eigenvalue weighted by molar-refractivity contribution is -0.0393. The summed E-state index contributed by atoms with van der Waals surface area (Å²) in [6.07, 6.45) is 2.30. The van der Waals surface area contributed by atoms with Crippen LogP contribution in [0.15, 0.2) is 60.7 Å². The molecule has 0 aromatic heterocycles. The number of benzene rings is 2. The zero-order valence-electron chi connectivity index (χ0n) is 14.1. The van der Waals surface area contributed by atoms with Crippen LogP contribution < -0.4 is 0 Å². The van der Waals surface area contributed by atoms with Crippen LogP contribution in [-0.2, 0) is 13.1 Å². The number of fused-ring (bicyclic) bond motifs is 2. The summed E-state index contributed by atoms with van der Waals surface area (Å²) in [5, 5.41) is 10.2. The maximum atomic E-state index is 10.2. The first-order chi connectivity index (χ1) is 11.8. The van der Waals surface area contributed by atoms with Crippen molar-refractivity contribution in [2.24, 2.45) is 0 Å². The van der Waals surface area contributed by atoms with Crippen LogP contribution in [0, 0.1) is 0 Å². The summed E-state index contributed by atoms with van der Waals surface area (Å²) >= 11 is 0. The van der Waals surface area contributed by atoms with E-state index in [2.05, 4.69) is 70.5 Å². The molecule has 2 heterocycles. The van der Waals surface area contributed by atoms with Crippen molar-refractivity contribution in [2.45, 2.75) is 37.5 Å². The van der Waals surface area contributed by atoms with E-state index in [1.165, 1.54) is 17.5 Å². The summed E-state index contributed by atoms with van der Waals surface area (Å²) in [4.78, 5) is 5.11. The van der Waals surface area contributed by atoms with Crippen LogP contribution in [0.4, 0.5) is 0 Å². The van der Waals surface area contributed by atoms with Crippen molar-refractivity contribution in [3.05, 3.63) is 71.8 Å². The molecular weight excluding hydrogens is 296 g/mol. The molecule has 2 aliphatic rings. The zero-order valence-corrected chi connectivity index (χ0v) is 14.1. The Morgan fingerprint density at radius 3 is 2.17 bits per heavy atom. The van der Waals surface area contributed by atoms with Crippen LogP contribution in [-0.4, -0.2) is 46.2 Å². The molecule has 2 fully saturated rings. The largest absolute Gasteiger partial charge is 0.394 e. The number of aliphatic hydroxyl groups is 1. The van der Waals surface area contributed by atoms with Crippen LogP contribution in [0.5, 0.6) is 0 Å². The average molecular weight is 322 g/mol. The fourth-order valence-corrected chi connectivity index (χ4v) is 4.52. The third-order valence-electron chi connectivity index (χ3n) is 5.72. The lowest BCUT2D eigenvalue weighted by Gasteiger charge is -2.48. The molecule has 126 valence electrons. The number of nitrogens with zero attached hydrogens (tertiary/aromatic N) is 2. The fraction of sp³-hybridized carbons (Fsp3) is 0.429. The molecule has 3 heteroatoms. The molecule has 4 rings (SSSR count). The molecular formula is C21H26N2O. The van der Waals surface area contributed by atoms with Gasteiger partial charge >= 0.3 is 0 Å². The molecule has 0 radical (unpaired) electrons. The van der Waals surface area contributed by atoms with Gasteiger partial charge in [0.05, 0.1) is 12.1 Å². The van der Waals surface area contributed by atoms with Gasteiger partial charge in [-0.1, -0.05) is 60.7 Å². The van der Waals surface area contributed by atoms with E-state index in [4.69, 9.17) is 0 Å². The monoisotopic (exact) mass is 322 g/mol. The van der Waals surface area contributed by atoms with Gasteiger partial charge in [0, 0.05) is 32.2 Å². The first-order valence-electron chi connectivity index (χ1n) is 8.97.